The van der Waals surface area contributed by atoms with Crippen molar-refractivity contribution in [3.8, 4) is 0 Å². The molecule has 0 spiro atoms. The number of ketones is 1. The first-order valence-corrected chi connectivity index (χ1v) is 9.40. The predicted molar refractivity (Wildman–Crippen MR) is 96.0 cm³/mol. The van der Waals surface area contributed by atoms with E-state index in [0.717, 1.165) is 29.4 Å². The molecule has 0 fully saturated rings. The van der Waals surface area contributed by atoms with Crippen molar-refractivity contribution in [2.75, 3.05) is 37.4 Å². The van der Waals surface area contributed by atoms with Gasteiger partial charge in [0.05, 0.1) is 15.5 Å². The summed E-state index contributed by atoms with van der Waals surface area (Å²) < 4.78 is 0. The molecule has 0 aliphatic carbocycles. The molecule has 1 aromatic heterocycles. The topological polar surface area (TPSA) is 58.4 Å². The summed E-state index contributed by atoms with van der Waals surface area (Å²) >= 11 is 3.09. The minimum Gasteiger partial charge on any atom is -0.396 e. The number of hydrogen-bond acceptors (Lipinski definition) is 6. The Balaban J connectivity index is 2.64. The molecule has 120 valence electrons. The Bertz CT molecular complexity index is 472. The Hall–Kier alpha value is -0.720. The van der Waals surface area contributed by atoms with Crippen LogP contribution in [-0.2, 0) is 0 Å². The highest BCUT2D eigenvalue weighted by Gasteiger charge is 2.19. The summed E-state index contributed by atoms with van der Waals surface area (Å²) in [7, 11) is 2.14. The highest BCUT2D eigenvalue weighted by molar-refractivity contribution is 7.99. The molecule has 0 aromatic carbocycles. The summed E-state index contributed by atoms with van der Waals surface area (Å²) in [4.78, 5) is 15.9. The van der Waals surface area contributed by atoms with E-state index in [0.29, 0.717) is 23.0 Å². The number of nitrogens with one attached hydrogen (secondary N) is 1. The zero-order valence-corrected chi connectivity index (χ0v) is 15.3. The van der Waals surface area contributed by atoms with Crippen molar-refractivity contribution in [3.63, 3.8) is 0 Å². The normalized spacial score (nSPS) is 11.4. The zero-order valence-electron chi connectivity index (χ0n) is 13.7. The van der Waals surface area contributed by atoms with E-state index >= 15 is 0 Å². The standard InChI is InChI=1S/C15H27N3OS2/c1-6-11(19)13-12(16)14(20-5)15(21-13)17-8-7-9-18(4)10(2)3/h10,17H,6-9,16H2,1-5H3. The van der Waals surface area contributed by atoms with Gasteiger partial charge in [-0.05, 0) is 40.1 Å². The lowest BCUT2D eigenvalue weighted by atomic mass is 10.2. The summed E-state index contributed by atoms with van der Waals surface area (Å²) in [5.41, 5.74) is 6.74. The SMILES string of the molecule is CCC(=O)c1sc(NCCCN(C)C(C)C)c(SC)c1N. The van der Waals surface area contributed by atoms with Crippen LogP contribution in [0.2, 0.25) is 0 Å². The predicted octanol–water partition coefficient (Wildman–Crippen LogP) is 3.79. The van der Waals surface area contributed by atoms with E-state index < -0.39 is 0 Å². The van der Waals surface area contributed by atoms with Gasteiger partial charge in [-0.25, -0.2) is 0 Å². The van der Waals surface area contributed by atoms with Crippen LogP contribution in [0.3, 0.4) is 0 Å². The molecular weight excluding hydrogens is 302 g/mol. The average molecular weight is 330 g/mol. The zero-order chi connectivity index (χ0) is 16.0. The first-order valence-electron chi connectivity index (χ1n) is 7.35. The molecule has 0 atom stereocenters. The number of nitrogens with two attached hydrogens (primary N) is 1. The molecule has 0 aliphatic rings. The number of nitrogen functional groups attached to an aromatic ring is 1. The fraction of sp³-hybridized carbons (Fsp3) is 0.667. The number of carbonyl (C=O) groups is 1. The molecule has 0 saturated heterocycles. The minimum absolute atomic E-state index is 0.125. The molecule has 4 nitrogen and oxygen atoms in total. The van der Waals surface area contributed by atoms with E-state index in [1.807, 2.05) is 13.2 Å². The summed E-state index contributed by atoms with van der Waals surface area (Å²) in [5, 5.41) is 4.47. The van der Waals surface area contributed by atoms with Crippen LogP contribution < -0.4 is 11.1 Å². The molecular formula is C15H27N3OS2. The number of Topliss-reactive ketones (excluding diaryl/α,β-unsaturated/α-hetero) is 1. The van der Waals surface area contributed by atoms with Gasteiger partial charge in [0.2, 0.25) is 0 Å². The van der Waals surface area contributed by atoms with Gasteiger partial charge in [-0.15, -0.1) is 23.1 Å². The Labute approximate surface area is 136 Å². The number of thioether (sulfide) groups is 1. The van der Waals surface area contributed by atoms with Crippen LogP contribution in [0.4, 0.5) is 10.7 Å². The third-order valence-electron chi connectivity index (χ3n) is 3.53. The number of rotatable bonds is 9. The van der Waals surface area contributed by atoms with Crippen molar-refractivity contribution in [2.24, 2.45) is 0 Å². The molecule has 3 N–H and O–H groups in total. The van der Waals surface area contributed by atoms with Crippen molar-refractivity contribution in [1.29, 1.82) is 0 Å². The molecule has 0 aliphatic heterocycles. The van der Waals surface area contributed by atoms with Crippen LogP contribution in [0.5, 0.6) is 0 Å². The Kier molecular flexibility index (Phi) is 7.56. The van der Waals surface area contributed by atoms with Crippen LogP contribution in [0.25, 0.3) is 0 Å². The van der Waals surface area contributed by atoms with Gasteiger partial charge in [0, 0.05) is 19.0 Å². The second-order valence-electron chi connectivity index (χ2n) is 5.34. The molecule has 0 unspecified atom stereocenters. The smallest absolute Gasteiger partial charge is 0.174 e. The first-order chi connectivity index (χ1) is 9.92. The second kappa shape index (κ2) is 8.66. The lowest BCUT2D eigenvalue weighted by Crippen LogP contribution is -2.28. The maximum Gasteiger partial charge on any atom is 0.174 e. The molecule has 1 aromatic rings. The maximum absolute atomic E-state index is 11.9. The van der Waals surface area contributed by atoms with Gasteiger partial charge in [-0.2, -0.15) is 0 Å². The molecule has 1 heterocycles. The molecule has 0 radical (unpaired) electrons. The highest BCUT2D eigenvalue weighted by Crippen LogP contribution is 2.42. The van der Waals surface area contributed by atoms with Crippen molar-refractivity contribution >= 4 is 39.6 Å². The fourth-order valence-electron chi connectivity index (χ4n) is 1.90. The summed E-state index contributed by atoms with van der Waals surface area (Å²) in [6.45, 7) is 8.21. The largest absolute Gasteiger partial charge is 0.396 e. The summed E-state index contributed by atoms with van der Waals surface area (Å²) in [6.07, 6.45) is 3.56. The Morgan fingerprint density at radius 1 is 1.48 bits per heavy atom. The van der Waals surface area contributed by atoms with Gasteiger partial charge in [-0.1, -0.05) is 6.92 Å². The maximum atomic E-state index is 11.9. The van der Waals surface area contributed by atoms with Crippen molar-refractivity contribution < 1.29 is 4.79 Å². The monoisotopic (exact) mass is 329 g/mol. The molecule has 21 heavy (non-hydrogen) atoms. The van der Waals surface area contributed by atoms with Crippen LogP contribution in [0.1, 0.15) is 43.3 Å². The Morgan fingerprint density at radius 3 is 2.67 bits per heavy atom. The average Bonchev–Trinajstić information content (AvgIpc) is 2.78. The number of anilines is 2. The van der Waals surface area contributed by atoms with Gasteiger partial charge in [0.1, 0.15) is 5.00 Å². The first kappa shape index (κ1) is 18.3. The Morgan fingerprint density at radius 2 is 2.14 bits per heavy atom. The lowest BCUT2D eigenvalue weighted by molar-refractivity contribution is 0.0992. The van der Waals surface area contributed by atoms with Crippen molar-refractivity contribution in [1.82, 2.24) is 4.90 Å². The number of hydrogen-bond donors (Lipinski definition) is 2. The lowest BCUT2D eigenvalue weighted by Gasteiger charge is -2.20. The minimum atomic E-state index is 0.125. The molecule has 6 heteroatoms. The van der Waals surface area contributed by atoms with E-state index in [-0.39, 0.29) is 5.78 Å². The number of nitrogens with zero attached hydrogens (tertiary/aromatic N) is 1. The van der Waals surface area contributed by atoms with Crippen LogP contribution >= 0.6 is 23.1 Å². The molecule has 1 rings (SSSR count). The van der Waals surface area contributed by atoms with Crippen molar-refractivity contribution in [2.45, 2.75) is 44.6 Å². The van der Waals surface area contributed by atoms with E-state index in [4.69, 9.17) is 5.73 Å². The highest BCUT2D eigenvalue weighted by atomic mass is 32.2. The van der Waals surface area contributed by atoms with E-state index in [2.05, 4.69) is 31.1 Å². The second-order valence-corrected chi connectivity index (χ2v) is 7.18. The van der Waals surface area contributed by atoms with Gasteiger partial charge >= 0.3 is 0 Å². The van der Waals surface area contributed by atoms with Gasteiger partial charge in [0.15, 0.2) is 5.78 Å². The van der Waals surface area contributed by atoms with E-state index in [1.54, 1.807) is 11.8 Å². The fourth-order valence-corrected chi connectivity index (χ4v) is 3.97. The number of thiophene rings is 1. The van der Waals surface area contributed by atoms with Crippen LogP contribution in [0.15, 0.2) is 4.90 Å². The molecule has 0 bridgehead atoms. The van der Waals surface area contributed by atoms with Crippen LogP contribution in [0, 0.1) is 0 Å². The van der Waals surface area contributed by atoms with Gasteiger partial charge < -0.3 is 16.0 Å². The van der Waals surface area contributed by atoms with Gasteiger partial charge in [0.25, 0.3) is 0 Å². The quantitative estimate of drug-likeness (QED) is 0.410. The summed E-state index contributed by atoms with van der Waals surface area (Å²) in [6, 6.07) is 0.568. The summed E-state index contributed by atoms with van der Waals surface area (Å²) in [5.74, 6) is 0.125. The third kappa shape index (κ3) is 4.90. The van der Waals surface area contributed by atoms with E-state index in [9.17, 15) is 4.79 Å². The van der Waals surface area contributed by atoms with Crippen molar-refractivity contribution in [3.05, 3.63) is 4.88 Å². The van der Waals surface area contributed by atoms with E-state index in [1.165, 1.54) is 11.3 Å². The molecule has 0 amide bonds. The van der Waals surface area contributed by atoms with Crippen LogP contribution in [-0.4, -0.2) is 43.1 Å². The third-order valence-corrected chi connectivity index (χ3v) is 5.70. The molecule has 0 saturated carbocycles. The van der Waals surface area contributed by atoms with Gasteiger partial charge in [-0.3, -0.25) is 4.79 Å². The number of carbonyl (C=O) groups excluding carboxylic acids is 1.